The Kier molecular flexibility index (Phi) is 5.01. The molecule has 0 radical (unpaired) electrons. The lowest BCUT2D eigenvalue weighted by atomic mass is 10.2. The lowest BCUT2D eigenvalue weighted by Crippen LogP contribution is -2.23. The van der Waals surface area contributed by atoms with Crippen LogP contribution in [0.25, 0.3) is 0 Å². The predicted molar refractivity (Wildman–Crippen MR) is 84.9 cm³/mol. The molecule has 0 unspecified atom stereocenters. The molecule has 0 amide bonds. The van der Waals surface area contributed by atoms with Crippen molar-refractivity contribution in [3.63, 3.8) is 0 Å². The maximum Gasteiger partial charge on any atom is 0.242 e. The van der Waals surface area contributed by atoms with Crippen molar-refractivity contribution in [3.8, 4) is 0 Å². The molecule has 0 saturated heterocycles. The van der Waals surface area contributed by atoms with Crippen molar-refractivity contribution in [2.75, 3.05) is 0 Å². The normalized spacial score (nSPS) is 11.8. The summed E-state index contributed by atoms with van der Waals surface area (Å²) in [5.74, 6) is -0.406. The Morgan fingerprint density at radius 3 is 2.60 bits per heavy atom. The topological polar surface area (TPSA) is 46.2 Å². The molecule has 0 aliphatic rings. The molecule has 3 nitrogen and oxygen atoms in total. The van der Waals surface area contributed by atoms with Gasteiger partial charge < -0.3 is 0 Å². The van der Waals surface area contributed by atoms with Gasteiger partial charge in [0.05, 0.1) is 8.68 Å². The van der Waals surface area contributed by atoms with E-state index in [0.717, 1.165) is 3.79 Å². The van der Waals surface area contributed by atoms with Crippen LogP contribution in [-0.4, -0.2) is 8.42 Å². The number of aryl methyl sites for hydroxylation is 1. The molecule has 2 aromatic rings. The molecule has 0 aliphatic carbocycles. The lowest BCUT2D eigenvalue weighted by Gasteiger charge is -2.08. The van der Waals surface area contributed by atoms with Gasteiger partial charge in [-0.15, -0.1) is 11.3 Å². The molecule has 0 aliphatic heterocycles. The van der Waals surface area contributed by atoms with E-state index in [1.807, 2.05) is 0 Å². The van der Waals surface area contributed by atoms with Gasteiger partial charge in [-0.05, 0) is 52.7 Å². The summed E-state index contributed by atoms with van der Waals surface area (Å²) in [5, 5.41) is 0. The Labute approximate surface area is 137 Å². The molecule has 8 heteroatoms. The molecule has 0 spiro atoms. The zero-order valence-electron chi connectivity index (χ0n) is 10.3. The highest BCUT2D eigenvalue weighted by Gasteiger charge is 2.19. The van der Waals surface area contributed by atoms with Gasteiger partial charge >= 0.3 is 0 Å². The maximum absolute atomic E-state index is 13.2. The first-order valence-corrected chi connectivity index (χ1v) is 9.37. The number of hydrogen-bond donors (Lipinski definition) is 1. The molecule has 1 aromatic carbocycles. The number of nitrogens with one attached hydrogen (secondary N) is 1. The average molecular weight is 443 g/mol. The Hall–Kier alpha value is -0.280. The van der Waals surface area contributed by atoms with Crippen LogP contribution in [0.1, 0.15) is 10.4 Å². The van der Waals surface area contributed by atoms with Crippen molar-refractivity contribution < 1.29 is 12.8 Å². The number of benzene rings is 1. The zero-order valence-corrected chi connectivity index (χ0v) is 15.1. The smallest absolute Gasteiger partial charge is 0.207 e. The van der Waals surface area contributed by atoms with E-state index in [1.165, 1.54) is 23.5 Å². The van der Waals surface area contributed by atoms with Gasteiger partial charge in [-0.3, -0.25) is 0 Å². The second kappa shape index (κ2) is 6.23. The summed E-state index contributed by atoms with van der Waals surface area (Å²) < 4.78 is 41.4. The molecular weight excluding hydrogens is 433 g/mol. The van der Waals surface area contributed by atoms with Crippen molar-refractivity contribution in [1.82, 2.24) is 4.72 Å². The minimum absolute atomic E-state index is 0.0214. The SMILES string of the molecule is Cc1sc(Br)cc1S(=O)(=O)NCc1cc(F)ccc1Br. The van der Waals surface area contributed by atoms with Gasteiger partial charge in [-0.1, -0.05) is 15.9 Å². The minimum atomic E-state index is -3.61. The van der Waals surface area contributed by atoms with Crippen molar-refractivity contribution in [2.45, 2.75) is 18.4 Å². The van der Waals surface area contributed by atoms with Crippen molar-refractivity contribution in [3.05, 3.63) is 48.8 Å². The minimum Gasteiger partial charge on any atom is -0.207 e. The third kappa shape index (κ3) is 3.67. The molecule has 0 saturated carbocycles. The van der Waals surface area contributed by atoms with E-state index in [4.69, 9.17) is 0 Å². The van der Waals surface area contributed by atoms with Gasteiger partial charge in [0.1, 0.15) is 5.82 Å². The van der Waals surface area contributed by atoms with Crippen LogP contribution in [0.15, 0.2) is 37.4 Å². The van der Waals surface area contributed by atoms with E-state index < -0.39 is 15.8 Å². The Balaban J connectivity index is 2.21. The summed E-state index contributed by atoms with van der Waals surface area (Å²) in [7, 11) is -3.61. The highest BCUT2D eigenvalue weighted by molar-refractivity contribution is 9.11. The Morgan fingerprint density at radius 2 is 2.00 bits per heavy atom. The first kappa shape index (κ1) is 16.1. The van der Waals surface area contributed by atoms with E-state index in [1.54, 1.807) is 19.1 Å². The van der Waals surface area contributed by atoms with Gasteiger partial charge in [-0.2, -0.15) is 0 Å². The molecule has 0 bridgehead atoms. The summed E-state index contributed by atoms with van der Waals surface area (Å²) in [6.45, 7) is 1.76. The summed E-state index contributed by atoms with van der Waals surface area (Å²) in [4.78, 5) is 0.935. The van der Waals surface area contributed by atoms with Crippen LogP contribution in [-0.2, 0) is 16.6 Å². The molecule has 0 atom stereocenters. The highest BCUT2D eigenvalue weighted by atomic mass is 79.9. The van der Waals surface area contributed by atoms with E-state index >= 15 is 0 Å². The van der Waals surface area contributed by atoms with Gasteiger partial charge in [0, 0.05) is 15.9 Å². The third-order valence-corrected chi connectivity index (χ3v) is 6.58. The Morgan fingerprint density at radius 1 is 1.30 bits per heavy atom. The first-order chi connectivity index (χ1) is 9.29. The Bertz CT molecular complexity index is 744. The van der Waals surface area contributed by atoms with Crippen LogP contribution in [0.3, 0.4) is 0 Å². The fourth-order valence-electron chi connectivity index (χ4n) is 1.63. The zero-order chi connectivity index (χ0) is 14.9. The molecule has 1 N–H and O–H groups in total. The molecule has 1 aromatic heterocycles. The van der Waals surface area contributed by atoms with E-state index in [0.29, 0.717) is 14.9 Å². The standard InChI is InChI=1S/C12H10Br2FNO2S2/c1-7-11(5-12(14)19-7)20(17,18)16-6-8-4-9(15)2-3-10(8)13/h2-5,16H,6H2,1H3. The molecular formula is C12H10Br2FNO2S2. The van der Waals surface area contributed by atoms with E-state index in [-0.39, 0.29) is 11.4 Å². The number of sulfonamides is 1. The van der Waals surface area contributed by atoms with Crippen molar-refractivity contribution in [2.24, 2.45) is 0 Å². The van der Waals surface area contributed by atoms with Crippen LogP contribution < -0.4 is 4.72 Å². The summed E-state index contributed by atoms with van der Waals surface area (Å²) in [6, 6.07) is 5.71. The molecule has 0 fully saturated rings. The third-order valence-electron chi connectivity index (χ3n) is 2.59. The molecule has 2 rings (SSSR count). The van der Waals surface area contributed by atoms with Crippen LogP contribution in [0.4, 0.5) is 4.39 Å². The van der Waals surface area contributed by atoms with E-state index in [2.05, 4.69) is 36.6 Å². The second-order valence-electron chi connectivity index (χ2n) is 4.03. The number of hydrogen-bond acceptors (Lipinski definition) is 3. The number of rotatable bonds is 4. The number of halogens is 3. The maximum atomic E-state index is 13.2. The average Bonchev–Trinajstić information content (AvgIpc) is 2.70. The fourth-order valence-corrected chi connectivity index (χ4v) is 5.43. The summed E-state index contributed by atoms with van der Waals surface area (Å²) in [5.41, 5.74) is 0.542. The van der Waals surface area contributed by atoms with Crippen molar-refractivity contribution >= 4 is 53.2 Å². The molecule has 1 heterocycles. The summed E-state index contributed by atoms with van der Waals surface area (Å²) in [6.07, 6.45) is 0. The summed E-state index contributed by atoms with van der Waals surface area (Å²) >= 11 is 7.88. The lowest BCUT2D eigenvalue weighted by molar-refractivity contribution is 0.580. The predicted octanol–water partition coefficient (Wildman–Crippen LogP) is 4.20. The highest BCUT2D eigenvalue weighted by Crippen LogP contribution is 2.29. The van der Waals surface area contributed by atoms with E-state index in [9.17, 15) is 12.8 Å². The molecule has 20 heavy (non-hydrogen) atoms. The van der Waals surface area contributed by atoms with Gasteiger partial charge in [0.15, 0.2) is 0 Å². The van der Waals surface area contributed by atoms with Crippen LogP contribution in [0, 0.1) is 12.7 Å². The first-order valence-electron chi connectivity index (χ1n) is 5.49. The van der Waals surface area contributed by atoms with Crippen LogP contribution in [0.2, 0.25) is 0 Å². The van der Waals surface area contributed by atoms with Crippen molar-refractivity contribution in [1.29, 1.82) is 0 Å². The monoisotopic (exact) mass is 441 g/mol. The van der Waals surface area contributed by atoms with Crippen LogP contribution >= 0.6 is 43.2 Å². The van der Waals surface area contributed by atoms with Crippen LogP contribution in [0.5, 0.6) is 0 Å². The quantitative estimate of drug-likeness (QED) is 0.771. The number of thiophene rings is 1. The largest absolute Gasteiger partial charge is 0.242 e. The van der Waals surface area contributed by atoms with Gasteiger partial charge in [-0.25, -0.2) is 17.5 Å². The second-order valence-corrected chi connectivity index (χ2v) is 9.26. The van der Waals surface area contributed by atoms with Gasteiger partial charge in [0.25, 0.3) is 0 Å². The fraction of sp³-hybridized carbons (Fsp3) is 0.167. The van der Waals surface area contributed by atoms with Gasteiger partial charge in [0.2, 0.25) is 10.0 Å². The molecule has 108 valence electrons.